The van der Waals surface area contributed by atoms with Gasteiger partial charge >= 0.3 is 0 Å². The minimum absolute atomic E-state index is 0.244. The summed E-state index contributed by atoms with van der Waals surface area (Å²) in [4.78, 5) is 2.62. The summed E-state index contributed by atoms with van der Waals surface area (Å²) >= 11 is 0. The molecule has 0 spiro atoms. The Balaban J connectivity index is 1.70. The van der Waals surface area contributed by atoms with Crippen LogP contribution in [0.3, 0.4) is 0 Å². The first-order chi connectivity index (χ1) is 9.48. The number of aromatic nitrogens is 1. The van der Waals surface area contributed by atoms with E-state index in [1.165, 1.54) is 12.8 Å². The molecule has 0 unspecified atom stereocenters. The van der Waals surface area contributed by atoms with Crippen LogP contribution < -0.4 is 0 Å². The van der Waals surface area contributed by atoms with Gasteiger partial charge in [0.15, 0.2) is 5.76 Å². The van der Waals surface area contributed by atoms with E-state index in [0.29, 0.717) is 24.5 Å². The van der Waals surface area contributed by atoms with Gasteiger partial charge in [-0.05, 0) is 32.6 Å². The SMILES string of the molecule is Cc1noc(C)c1S(=O)(=O)N1CCN(CC2CC2)CC1. The highest BCUT2D eigenvalue weighted by Gasteiger charge is 2.34. The molecule has 2 heterocycles. The lowest BCUT2D eigenvalue weighted by Gasteiger charge is -2.33. The summed E-state index contributed by atoms with van der Waals surface area (Å²) in [5, 5.41) is 3.75. The Hall–Kier alpha value is -0.920. The zero-order valence-electron chi connectivity index (χ0n) is 12.0. The van der Waals surface area contributed by atoms with E-state index in [1.54, 1.807) is 18.2 Å². The molecule has 3 rings (SSSR count). The fourth-order valence-electron chi connectivity index (χ4n) is 2.79. The van der Waals surface area contributed by atoms with Crippen LogP contribution in [0.15, 0.2) is 9.42 Å². The zero-order valence-corrected chi connectivity index (χ0v) is 12.8. The van der Waals surface area contributed by atoms with Crippen LogP contribution in [0, 0.1) is 19.8 Å². The van der Waals surface area contributed by atoms with Crippen molar-refractivity contribution < 1.29 is 12.9 Å². The number of nitrogens with zero attached hydrogens (tertiary/aromatic N) is 3. The fourth-order valence-corrected chi connectivity index (χ4v) is 4.50. The molecule has 2 aliphatic rings. The van der Waals surface area contributed by atoms with E-state index in [-0.39, 0.29) is 4.90 Å². The second-order valence-corrected chi connectivity index (χ2v) is 7.68. The summed E-state index contributed by atoms with van der Waals surface area (Å²) in [6.45, 7) is 7.19. The Morgan fingerprint density at radius 3 is 2.35 bits per heavy atom. The molecule has 0 N–H and O–H groups in total. The first kappa shape index (κ1) is 14.0. The number of piperazine rings is 1. The van der Waals surface area contributed by atoms with Gasteiger partial charge in [0.2, 0.25) is 10.0 Å². The molecule has 0 aromatic carbocycles. The molecule has 1 saturated carbocycles. The molecule has 7 heteroatoms. The Bertz CT molecular complexity index is 565. The van der Waals surface area contributed by atoms with Crippen molar-refractivity contribution >= 4 is 10.0 Å². The maximum atomic E-state index is 12.6. The molecule has 1 aromatic rings. The maximum Gasteiger partial charge on any atom is 0.248 e. The van der Waals surface area contributed by atoms with Crippen molar-refractivity contribution in [1.29, 1.82) is 0 Å². The average molecular weight is 299 g/mol. The Kier molecular flexibility index (Phi) is 3.60. The van der Waals surface area contributed by atoms with Crippen molar-refractivity contribution in [3.8, 4) is 0 Å². The van der Waals surface area contributed by atoms with Crippen LogP contribution >= 0.6 is 0 Å². The van der Waals surface area contributed by atoms with E-state index in [2.05, 4.69) is 10.1 Å². The smallest absolute Gasteiger partial charge is 0.248 e. The number of aryl methyl sites for hydroxylation is 2. The summed E-state index contributed by atoms with van der Waals surface area (Å²) in [5.41, 5.74) is 0.447. The molecule has 0 radical (unpaired) electrons. The van der Waals surface area contributed by atoms with Crippen molar-refractivity contribution in [1.82, 2.24) is 14.4 Å². The van der Waals surface area contributed by atoms with Crippen LogP contribution in [0.4, 0.5) is 0 Å². The average Bonchev–Trinajstić information content (AvgIpc) is 3.14. The van der Waals surface area contributed by atoms with Crippen LogP contribution in [-0.4, -0.2) is 55.5 Å². The van der Waals surface area contributed by atoms with Crippen molar-refractivity contribution in [3.63, 3.8) is 0 Å². The number of hydrogen-bond donors (Lipinski definition) is 0. The summed E-state index contributed by atoms with van der Waals surface area (Å²) in [6.07, 6.45) is 2.66. The van der Waals surface area contributed by atoms with Gasteiger partial charge in [-0.2, -0.15) is 4.31 Å². The van der Waals surface area contributed by atoms with Gasteiger partial charge in [-0.3, -0.25) is 0 Å². The lowest BCUT2D eigenvalue weighted by atomic mass is 10.3. The van der Waals surface area contributed by atoms with Gasteiger partial charge in [0.25, 0.3) is 0 Å². The van der Waals surface area contributed by atoms with Gasteiger partial charge < -0.3 is 9.42 Å². The van der Waals surface area contributed by atoms with Gasteiger partial charge in [-0.1, -0.05) is 5.16 Å². The van der Waals surface area contributed by atoms with Gasteiger partial charge in [0, 0.05) is 32.7 Å². The third-order valence-electron chi connectivity index (χ3n) is 4.11. The van der Waals surface area contributed by atoms with Gasteiger partial charge in [0.1, 0.15) is 10.6 Å². The highest BCUT2D eigenvalue weighted by atomic mass is 32.2. The van der Waals surface area contributed by atoms with Crippen LogP contribution in [0.2, 0.25) is 0 Å². The molecule has 6 nitrogen and oxygen atoms in total. The van der Waals surface area contributed by atoms with Gasteiger partial charge in [-0.25, -0.2) is 8.42 Å². The largest absolute Gasteiger partial charge is 0.360 e. The summed E-state index contributed by atoms with van der Waals surface area (Å²) in [7, 11) is -3.47. The van der Waals surface area contributed by atoms with Crippen molar-refractivity contribution in [2.75, 3.05) is 32.7 Å². The molecule has 20 heavy (non-hydrogen) atoms. The molecular weight excluding hydrogens is 278 g/mol. The lowest BCUT2D eigenvalue weighted by molar-refractivity contribution is 0.182. The topological polar surface area (TPSA) is 66.7 Å². The Morgan fingerprint density at radius 1 is 1.20 bits per heavy atom. The van der Waals surface area contributed by atoms with Gasteiger partial charge in [-0.15, -0.1) is 0 Å². The number of hydrogen-bond acceptors (Lipinski definition) is 5. The molecule has 112 valence electrons. The first-order valence-electron chi connectivity index (χ1n) is 7.14. The molecule has 1 aliphatic carbocycles. The minimum Gasteiger partial charge on any atom is -0.360 e. The highest BCUT2D eigenvalue weighted by Crippen LogP contribution is 2.30. The molecule has 1 aromatic heterocycles. The monoisotopic (exact) mass is 299 g/mol. The molecule has 0 atom stereocenters. The standard InChI is InChI=1S/C13H21N3O3S/c1-10-13(11(2)19-14-10)20(17,18)16-7-5-15(6-8-16)9-12-3-4-12/h12H,3-9H2,1-2H3. The predicted octanol–water partition coefficient (Wildman–Crippen LogP) is 1.01. The lowest BCUT2D eigenvalue weighted by Crippen LogP contribution is -2.49. The molecule has 0 bridgehead atoms. The second kappa shape index (κ2) is 5.13. The summed E-state index contributed by atoms with van der Waals surface area (Å²) in [6, 6.07) is 0. The minimum atomic E-state index is -3.47. The van der Waals surface area contributed by atoms with E-state index in [9.17, 15) is 8.42 Å². The second-order valence-electron chi connectivity index (χ2n) is 5.80. The normalized spacial score (nSPS) is 22.3. The molecular formula is C13H21N3O3S. The van der Waals surface area contributed by atoms with E-state index in [4.69, 9.17) is 4.52 Å². The number of sulfonamides is 1. The third-order valence-corrected chi connectivity index (χ3v) is 6.25. The van der Waals surface area contributed by atoms with Gasteiger partial charge in [0.05, 0.1) is 0 Å². The van der Waals surface area contributed by atoms with Crippen molar-refractivity contribution in [2.45, 2.75) is 31.6 Å². The Labute approximate surface area is 119 Å². The Morgan fingerprint density at radius 2 is 1.85 bits per heavy atom. The zero-order chi connectivity index (χ0) is 14.3. The maximum absolute atomic E-state index is 12.6. The predicted molar refractivity (Wildman–Crippen MR) is 73.9 cm³/mol. The van der Waals surface area contributed by atoms with E-state index < -0.39 is 10.0 Å². The summed E-state index contributed by atoms with van der Waals surface area (Å²) < 4.78 is 31.8. The van der Waals surface area contributed by atoms with E-state index >= 15 is 0 Å². The summed E-state index contributed by atoms with van der Waals surface area (Å²) in [5.74, 6) is 1.23. The molecule has 2 fully saturated rings. The highest BCUT2D eigenvalue weighted by molar-refractivity contribution is 7.89. The molecule has 0 amide bonds. The van der Waals surface area contributed by atoms with Crippen LogP contribution in [0.1, 0.15) is 24.3 Å². The van der Waals surface area contributed by atoms with E-state index in [1.807, 2.05) is 0 Å². The number of rotatable bonds is 4. The third kappa shape index (κ3) is 2.62. The molecule has 1 saturated heterocycles. The van der Waals surface area contributed by atoms with Crippen molar-refractivity contribution in [2.24, 2.45) is 5.92 Å². The first-order valence-corrected chi connectivity index (χ1v) is 8.58. The van der Waals surface area contributed by atoms with E-state index in [0.717, 1.165) is 25.6 Å². The van der Waals surface area contributed by atoms with Crippen LogP contribution in [-0.2, 0) is 10.0 Å². The van der Waals surface area contributed by atoms with Crippen LogP contribution in [0.25, 0.3) is 0 Å². The fraction of sp³-hybridized carbons (Fsp3) is 0.769. The quantitative estimate of drug-likeness (QED) is 0.830. The van der Waals surface area contributed by atoms with Crippen molar-refractivity contribution in [3.05, 3.63) is 11.5 Å². The van der Waals surface area contributed by atoms with Crippen LogP contribution in [0.5, 0.6) is 0 Å². The molecule has 1 aliphatic heterocycles.